The van der Waals surface area contributed by atoms with Gasteiger partial charge < -0.3 is 4.74 Å². The Morgan fingerprint density at radius 3 is 1.49 bits per heavy atom. The van der Waals surface area contributed by atoms with Crippen molar-refractivity contribution < 1.29 is 4.74 Å². The number of thiophene rings is 2. The van der Waals surface area contributed by atoms with Crippen LogP contribution in [0.5, 0.6) is 11.5 Å². The molecule has 1 spiro atoms. The van der Waals surface area contributed by atoms with Crippen molar-refractivity contribution in [3.05, 3.63) is 265 Å². The van der Waals surface area contributed by atoms with Crippen molar-refractivity contribution in [2.24, 2.45) is 0 Å². The van der Waals surface area contributed by atoms with Crippen molar-refractivity contribution in [2.45, 2.75) is 5.41 Å². The number of ether oxygens (including phenoxy) is 1. The maximum Gasteiger partial charge on any atom is 0.160 e. The third-order valence-corrected chi connectivity index (χ3v) is 18.0. The van der Waals surface area contributed by atoms with Gasteiger partial charge in [-0.15, -0.1) is 22.7 Å². The number of hydrogen-bond donors (Lipinski definition) is 0. The van der Waals surface area contributed by atoms with E-state index in [2.05, 4.69) is 243 Å². The van der Waals surface area contributed by atoms with Gasteiger partial charge in [-0.05, 0) is 91.7 Å². The Balaban J connectivity index is 0.879. The molecule has 0 fully saturated rings. The number of para-hydroxylation sites is 2. The number of fused-ring (bicyclic) bond motifs is 16. The minimum atomic E-state index is -0.633. The summed E-state index contributed by atoms with van der Waals surface area (Å²) < 4.78 is 11.8. The van der Waals surface area contributed by atoms with Crippen LogP contribution in [-0.4, -0.2) is 9.97 Å². The lowest BCUT2D eigenvalue weighted by molar-refractivity contribution is 0.436. The van der Waals surface area contributed by atoms with Gasteiger partial charge in [-0.1, -0.05) is 206 Å². The molecule has 0 saturated heterocycles. The lowest BCUT2D eigenvalue weighted by atomic mass is 9.65. The summed E-state index contributed by atoms with van der Waals surface area (Å²) in [5.74, 6) is 2.45. The number of hydrogen-bond acceptors (Lipinski definition) is 5. The van der Waals surface area contributed by atoms with Crippen molar-refractivity contribution >= 4 is 73.8 Å². The molecule has 1 aliphatic heterocycles. The van der Waals surface area contributed by atoms with Gasteiger partial charge >= 0.3 is 0 Å². The maximum atomic E-state index is 6.77. The van der Waals surface area contributed by atoms with E-state index in [1.807, 2.05) is 22.7 Å². The second-order valence-corrected chi connectivity index (χ2v) is 21.6. The minimum absolute atomic E-state index is 0.633. The largest absolute Gasteiger partial charge is 0.457 e. The van der Waals surface area contributed by atoms with E-state index in [0.717, 1.165) is 61.8 Å². The van der Waals surface area contributed by atoms with Gasteiger partial charge in [-0.25, -0.2) is 9.97 Å². The second-order valence-electron chi connectivity index (χ2n) is 19.5. The molecule has 74 heavy (non-hydrogen) atoms. The quantitative estimate of drug-likeness (QED) is 0.172. The molecule has 5 heteroatoms. The number of nitrogens with zero attached hydrogens (tertiary/aromatic N) is 2. The van der Waals surface area contributed by atoms with E-state index < -0.39 is 5.41 Å². The summed E-state index contributed by atoms with van der Waals surface area (Å²) in [5, 5.41) is 7.51. The molecule has 0 bridgehead atoms. The fraction of sp³-hybridized carbons (Fsp3) is 0.0145. The molecule has 16 rings (SSSR count). The smallest absolute Gasteiger partial charge is 0.160 e. The van der Waals surface area contributed by atoms with Crippen LogP contribution in [0.15, 0.2) is 243 Å². The monoisotopic (exact) mass is 976 g/mol. The highest BCUT2D eigenvalue weighted by Crippen LogP contribution is 2.64. The zero-order chi connectivity index (χ0) is 48.5. The molecule has 2 aliphatic rings. The maximum absolute atomic E-state index is 6.77. The molecule has 0 N–H and O–H groups in total. The fourth-order valence-corrected chi connectivity index (χ4v) is 14.8. The van der Waals surface area contributed by atoms with E-state index in [-0.39, 0.29) is 0 Å². The van der Waals surface area contributed by atoms with E-state index in [9.17, 15) is 0 Å². The first-order valence-electron chi connectivity index (χ1n) is 25.1. The van der Waals surface area contributed by atoms with Crippen LogP contribution >= 0.6 is 22.7 Å². The van der Waals surface area contributed by atoms with Crippen molar-refractivity contribution in [2.75, 3.05) is 0 Å². The van der Waals surface area contributed by atoms with Gasteiger partial charge in [-0.2, -0.15) is 0 Å². The van der Waals surface area contributed by atoms with Gasteiger partial charge in [-0.3, -0.25) is 0 Å². The first-order chi connectivity index (χ1) is 36.7. The van der Waals surface area contributed by atoms with Gasteiger partial charge in [0.15, 0.2) is 5.82 Å². The Morgan fingerprint density at radius 2 is 0.811 bits per heavy atom. The number of aromatic nitrogens is 2. The van der Waals surface area contributed by atoms with E-state index in [1.165, 1.54) is 84.5 Å². The molecule has 14 aromatic rings. The molecule has 4 heterocycles. The predicted octanol–water partition coefficient (Wildman–Crippen LogP) is 19.2. The molecule has 11 aromatic carbocycles. The summed E-state index contributed by atoms with van der Waals surface area (Å²) in [7, 11) is 0. The van der Waals surface area contributed by atoms with Crippen LogP contribution in [0.2, 0.25) is 0 Å². The third kappa shape index (κ3) is 5.99. The summed E-state index contributed by atoms with van der Waals surface area (Å²) in [6.45, 7) is 0. The van der Waals surface area contributed by atoms with Crippen molar-refractivity contribution in [3.8, 4) is 78.8 Å². The summed E-state index contributed by atoms with van der Waals surface area (Å²) >= 11 is 3.66. The van der Waals surface area contributed by atoms with Gasteiger partial charge in [0.05, 0.1) is 16.8 Å². The zero-order valence-electron chi connectivity index (χ0n) is 39.7. The van der Waals surface area contributed by atoms with E-state index in [4.69, 9.17) is 14.7 Å². The summed E-state index contributed by atoms with van der Waals surface area (Å²) in [5.41, 5.74) is 16.4. The fourth-order valence-electron chi connectivity index (χ4n) is 12.4. The van der Waals surface area contributed by atoms with Crippen molar-refractivity contribution in [1.29, 1.82) is 0 Å². The van der Waals surface area contributed by atoms with Gasteiger partial charge in [0.1, 0.15) is 11.5 Å². The molecular weight excluding hydrogens is 937 g/mol. The molecule has 3 nitrogen and oxygen atoms in total. The predicted molar refractivity (Wildman–Crippen MR) is 310 cm³/mol. The number of benzene rings is 11. The second kappa shape index (κ2) is 16.0. The minimum Gasteiger partial charge on any atom is -0.457 e. The van der Waals surface area contributed by atoms with Crippen LogP contribution in [0.4, 0.5) is 0 Å². The molecule has 0 amide bonds. The first-order valence-corrected chi connectivity index (χ1v) is 26.8. The Morgan fingerprint density at radius 1 is 0.324 bits per heavy atom. The SMILES string of the molecule is c1ccc2c(c1)Oc1ccccc1C21c2cc(-c3ccc(-c4nc(-c5cccc6c5sc5ccccc56)cc(-c5cccc6c5sc5ccccc56)n4)cc3)ccc2-c2c(-c3cccc4ccccc34)cccc21. The van der Waals surface area contributed by atoms with Crippen LogP contribution in [0, 0.1) is 0 Å². The van der Waals surface area contributed by atoms with Crippen LogP contribution < -0.4 is 4.74 Å². The summed E-state index contributed by atoms with van der Waals surface area (Å²) in [4.78, 5) is 10.9. The molecular formula is C69H40N2OS2. The van der Waals surface area contributed by atoms with Gasteiger partial charge in [0.25, 0.3) is 0 Å². The van der Waals surface area contributed by atoms with Gasteiger partial charge in [0, 0.05) is 68.2 Å². The van der Waals surface area contributed by atoms with Crippen LogP contribution in [0.1, 0.15) is 22.3 Å². The Bertz CT molecular complexity index is 4480. The van der Waals surface area contributed by atoms with E-state index in [1.54, 1.807) is 0 Å². The Kier molecular flexibility index (Phi) is 8.99. The summed E-state index contributed by atoms with van der Waals surface area (Å²) in [6.07, 6.45) is 0. The highest BCUT2D eigenvalue weighted by molar-refractivity contribution is 7.26. The van der Waals surface area contributed by atoms with E-state index in [0.29, 0.717) is 5.82 Å². The Labute approximate surface area is 434 Å². The number of rotatable bonds is 5. The summed E-state index contributed by atoms with van der Waals surface area (Å²) in [6, 6.07) is 88.4. The van der Waals surface area contributed by atoms with Crippen LogP contribution in [-0.2, 0) is 5.41 Å². The first kappa shape index (κ1) is 41.6. The average Bonchev–Trinajstić information content (AvgIpc) is 4.15. The highest BCUT2D eigenvalue weighted by Gasteiger charge is 2.51. The molecule has 0 saturated carbocycles. The van der Waals surface area contributed by atoms with Crippen molar-refractivity contribution in [1.82, 2.24) is 9.97 Å². The molecule has 1 aliphatic carbocycles. The lowest BCUT2D eigenvalue weighted by Gasteiger charge is -2.39. The third-order valence-electron chi connectivity index (χ3n) is 15.6. The normalized spacial score (nSPS) is 13.1. The molecule has 0 atom stereocenters. The van der Waals surface area contributed by atoms with Crippen LogP contribution in [0.3, 0.4) is 0 Å². The zero-order valence-corrected chi connectivity index (χ0v) is 41.3. The van der Waals surface area contributed by atoms with Crippen molar-refractivity contribution in [3.63, 3.8) is 0 Å². The molecule has 344 valence electrons. The Hall–Kier alpha value is -9.00. The molecule has 0 radical (unpaired) electrons. The van der Waals surface area contributed by atoms with Gasteiger partial charge in [0.2, 0.25) is 0 Å². The topological polar surface area (TPSA) is 35.0 Å². The standard InChI is InChI=1S/C69H40N2OS2/c1-2-17-45-42(15-1)16-11-20-46(45)49-21-14-28-57-65(49)52-38-37-44(39-58(52)69(57)55-26-5-7-29-61(55)72-62-30-8-6-27-56(62)69)41-33-35-43(36-34-41)68-70-59(53-24-12-22-50-47-18-3-9-31-63(47)73-66(50)53)40-60(71-68)54-25-13-23-51-48-19-4-10-32-64(48)74-67(51)54/h1-40H. The lowest BCUT2D eigenvalue weighted by Crippen LogP contribution is -2.32. The molecule has 0 unspecified atom stereocenters. The van der Waals surface area contributed by atoms with Crippen LogP contribution in [0.25, 0.3) is 118 Å². The van der Waals surface area contributed by atoms with E-state index >= 15 is 0 Å². The highest BCUT2D eigenvalue weighted by atomic mass is 32.1. The molecule has 3 aromatic heterocycles. The average molecular weight is 977 g/mol.